The van der Waals surface area contributed by atoms with E-state index in [1.807, 2.05) is 19.9 Å². The zero-order valence-corrected chi connectivity index (χ0v) is 16.2. The topological polar surface area (TPSA) is 38.1 Å². The van der Waals surface area contributed by atoms with Crippen molar-refractivity contribution in [1.29, 1.82) is 0 Å². The van der Waals surface area contributed by atoms with Gasteiger partial charge in [-0.2, -0.15) is 18.3 Å². The van der Waals surface area contributed by atoms with E-state index in [1.54, 1.807) is 47.0 Å². The molecule has 1 amide bonds. The zero-order valence-electron chi connectivity index (χ0n) is 16.2. The Labute approximate surface area is 166 Å². The summed E-state index contributed by atoms with van der Waals surface area (Å²) in [7, 11) is 1.76. The molecule has 1 aromatic heterocycles. The van der Waals surface area contributed by atoms with Gasteiger partial charge in [-0.15, -0.1) is 0 Å². The Morgan fingerprint density at radius 1 is 1.03 bits per heavy atom. The highest BCUT2D eigenvalue weighted by Crippen LogP contribution is 2.45. The van der Waals surface area contributed by atoms with Crippen LogP contribution in [0.15, 0.2) is 54.6 Å². The molecule has 0 aliphatic carbocycles. The van der Waals surface area contributed by atoms with E-state index in [1.165, 1.54) is 6.07 Å². The first-order valence-corrected chi connectivity index (χ1v) is 9.32. The smallest absolute Gasteiger partial charge is 0.295 e. The summed E-state index contributed by atoms with van der Waals surface area (Å²) in [5, 5.41) is 4.42. The number of alkyl halides is 3. The number of carbonyl (C=O) groups is 1. The maximum atomic E-state index is 13.4. The monoisotopic (exact) mass is 399 g/mol. The lowest BCUT2D eigenvalue weighted by atomic mass is 9.93. The minimum atomic E-state index is -4.46. The molecule has 3 aromatic rings. The predicted molar refractivity (Wildman–Crippen MR) is 104 cm³/mol. The number of aryl methyl sites for hydroxylation is 1. The lowest BCUT2D eigenvalue weighted by Gasteiger charge is -2.28. The van der Waals surface area contributed by atoms with Gasteiger partial charge < -0.3 is 0 Å². The quantitative estimate of drug-likeness (QED) is 0.598. The number of nitrogens with zero attached hydrogens (tertiary/aromatic N) is 3. The molecule has 0 bridgehead atoms. The molecule has 0 N–H and O–H groups in total. The number of amides is 1. The summed E-state index contributed by atoms with van der Waals surface area (Å²) < 4.78 is 41.7. The van der Waals surface area contributed by atoms with Crippen LogP contribution in [0.1, 0.15) is 58.7 Å². The molecule has 2 heterocycles. The largest absolute Gasteiger partial charge is 0.416 e. The summed E-state index contributed by atoms with van der Waals surface area (Å²) >= 11 is 0. The van der Waals surface area contributed by atoms with Crippen molar-refractivity contribution >= 4 is 11.6 Å². The number of halogens is 3. The Hall–Kier alpha value is -3.09. The minimum Gasteiger partial charge on any atom is -0.295 e. The zero-order chi connectivity index (χ0) is 20.9. The SMILES string of the molecule is CC(C)c1c2c(nn1C)C(=O)N(c1ccccc1)C2c1cccc(C(F)(F)F)c1. The normalized spacial score (nSPS) is 16.6. The molecule has 1 aliphatic rings. The number of carbonyl (C=O) groups excluding carboxylic acids is 1. The third-order valence-electron chi connectivity index (χ3n) is 5.19. The molecule has 4 rings (SSSR count). The lowest BCUT2D eigenvalue weighted by Crippen LogP contribution is -2.30. The molecule has 150 valence electrons. The standard InChI is InChI=1S/C22H20F3N3O/c1-13(2)19-17-18(26-27(19)3)21(29)28(16-10-5-4-6-11-16)20(17)14-8-7-9-15(12-14)22(23,24)25/h4-13,20H,1-3H3. The van der Waals surface area contributed by atoms with Crippen molar-refractivity contribution in [2.75, 3.05) is 4.90 Å². The van der Waals surface area contributed by atoms with Gasteiger partial charge >= 0.3 is 6.18 Å². The molecule has 7 heteroatoms. The molecule has 0 saturated carbocycles. The molecule has 0 radical (unpaired) electrons. The number of fused-ring (bicyclic) bond motifs is 1. The summed E-state index contributed by atoms with van der Waals surface area (Å²) in [5.74, 6) is -0.260. The summed E-state index contributed by atoms with van der Waals surface area (Å²) in [5.41, 5.74) is 2.10. The summed E-state index contributed by atoms with van der Waals surface area (Å²) in [6.07, 6.45) is -4.46. The Bertz CT molecular complexity index is 1070. The van der Waals surface area contributed by atoms with Crippen LogP contribution in [-0.2, 0) is 13.2 Å². The van der Waals surface area contributed by atoms with Gasteiger partial charge in [0, 0.05) is 24.0 Å². The van der Waals surface area contributed by atoms with Crippen molar-refractivity contribution in [3.8, 4) is 0 Å². The van der Waals surface area contributed by atoms with Gasteiger partial charge in [-0.05, 0) is 35.7 Å². The molecular formula is C22H20F3N3O. The van der Waals surface area contributed by atoms with Gasteiger partial charge in [0.2, 0.25) is 0 Å². The van der Waals surface area contributed by atoms with E-state index in [4.69, 9.17) is 0 Å². The molecule has 2 aromatic carbocycles. The Kier molecular flexibility index (Phi) is 4.48. The summed E-state index contributed by atoms with van der Waals surface area (Å²) in [6.45, 7) is 3.96. The van der Waals surface area contributed by atoms with E-state index in [9.17, 15) is 18.0 Å². The van der Waals surface area contributed by atoms with Crippen LogP contribution in [0.2, 0.25) is 0 Å². The van der Waals surface area contributed by atoms with Gasteiger partial charge in [0.1, 0.15) is 0 Å². The number of aromatic nitrogens is 2. The number of benzene rings is 2. The van der Waals surface area contributed by atoms with Gasteiger partial charge in [-0.3, -0.25) is 14.4 Å². The van der Waals surface area contributed by atoms with Crippen molar-refractivity contribution in [2.45, 2.75) is 32.0 Å². The van der Waals surface area contributed by atoms with Crippen LogP contribution in [0.4, 0.5) is 18.9 Å². The second-order valence-corrected chi connectivity index (χ2v) is 7.46. The van der Waals surface area contributed by atoms with Gasteiger partial charge in [-0.1, -0.05) is 44.2 Å². The second-order valence-electron chi connectivity index (χ2n) is 7.46. The average Bonchev–Trinajstić information content (AvgIpc) is 3.15. The molecule has 29 heavy (non-hydrogen) atoms. The van der Waals surface area contributed by atoms with Crippen LogP contribution < -0.4 is 4.90 Å². The fraction of sp³-hybridized carbons (Fsp3) is 0.273. The van der Waals surface area contributed by atoms with Gasteiger partial charge in [0.05, 0.1) is 11.6 Å². The molecular weight excluding hydrogens is 379 g/mol. The minimum absolute atomic E-state index is 0.0491. The molecule has 1 atom stereocenters. The molecule has 0 saturated heterocycles. The first kappa shape index (κ1) is 19.2. The van der Waals surface area contributed by atoms with Gasteiger partial charge in [0.15, 0.2) is 5.69 Å². The fourth-order valence-corrected chi connectivity index (χ4v) is 4.08. The summed E-state index contributed by atoms with van der Waals surface area (Å²) in [4.78, 5) is 14.8. The summed E-state index contributed by atoms with van der Waals surface area (Å²) in [6, 6.07) is 13.5. The van der Waals surface area contributed by atoms with Gasteiger partial charge in [0.25, 0.3) is 5.91 Å². The molecule has 0 fully saturated rings. The van der Waals surface area contributed by atoms with Crippen molar-refractivity contribution in [3.05, 3.63) is 82.7 Å². The highest BCUT2D eigenvalue weighted by Gasteiger charge is 2.44. The number of anilines is 1. The Morgan fingerprint density at radius 2 is 1.72 bits per heavy atom. The van der Waals surface area contributed by atoms with Crippen molar-refractivity contribution in [2.24, 2.45) is 7.05 Å². The number of hydrogen-bond donors (Lipinski definition) is 0. The number of rotatable bonds is 3. The highest BCUT2D eigenvalue weighted by molar-refractivity contribution is 6.10. The maximum Gasteiger partial charge on any atom is 0.416 e. The van der Waals surface area contributed by atoms with Crippen LogP contribution in [0.25, 0.3) is 0 Å². The first-order valence-electron chi connectivity index (χ1n) is 9.32. The van der Waals surface area contributed by atoms with E-state index in [2.05, 4.69) is 5.10 Å². The van der Waals surface area contributed by atoms with E-state index in [0.29, 0.717) is 22.5 Å². The Morgan fingerprint density at radius 3 is 2.34 bits per heavy atom. The van der Waals surface area contributed by atoms with Crippen molar-refractivity contribution in [1.82, 2.24) is 9.78 Å². The lowest BCUT2D eigenvalue weighted by molar-refractivity contribution is -0.137. The number of para-hydroxylation sites is 1. The predicted octanol–water partition coefficient (Wildman–Crippen LogP) is 5.31. The van der Waals surface area contributed by atoms with Crippen LogP contribution >= 0.6 is 0 Å². The van der Waals surface area contributed by atoms with Crippen LogP contribution in [-0.4, -0.2) is 15.7 Å². The number of hydrogen-bond acceptors (Lipinski definition) is 2. The van der Waals surface area contributed by atoms with Crippen LogP contribution in [0.5, 0.6) is 0 Å². The molecule has 0 spiro atoms. The fourth-order valence-electron chi connectivity index (χ4n) is 4.08. The first-order chi connectivity index (χ1) is 13.7. The maximum absolute atomic E-state index is 13.4. The van der Waals surface area contributed by atoms with E-state index >= 15 is 0 Å². The van der Waals surface area contributed by atoms with Crippen LogP contribution in [0.3, 0.4) is 0 Å². The third-order valence-corrected chi connectivity index (χ3v) is 5.19. The van der Waals surface area contributed by atoms with E-state index in [0.717, 1.165) is 17.8 Å². The van der Waals surface area contributed by atoms with Crippen molar-refractivity contribution in [3.63, 3.8) is 0 Å². The molecule has 1 aliphatic heterocycles. The molecule has 4 nitrogen and oxygen atoms in total. The highest BCUT2D eigenvalue weighted by atomic mass is 19.4. The van der Waals surface area contributed by atoms with E-state index < -0.39 is 17.8 Å². The molecule has 1 unspecified atom stereocenters. The van der Waals surface area contributed by atoms with Crippen molar-refractivity contribution < 1.29 is 18.0 Å². The second kappa shape index (κ2) is 6.76. The van der Waals surface area contributed by atoms with E-state index in [-0.39, 0.29) is 11.8 Å². The Balaban J connectivity index is 1.97. The van der Waals surface area contributed by atoms with Gasteiger partial charge in [-0.25, -0.2) is 0 Å². The average molecular weight is 399 g/mol. The third kappa shape index (κ3) is 3.10. The van der Waals surface area contributed by atoms with Crippen LogP contribution in [0, 0.1) is 0 Å².